The molecule has 2 aromatic rings. The van der Waals surface area contributed by atoms with Crippen LogP contribution in [0, 0.1) is 5.92 Å². The zero-order valence-electron chi connectivity index (χ0n) is 13.0. The summed E-state index contributed by atoms with van der Waals surface area (Å²) in [6.45, 7) is 2.33. The van der Waals surface area contributed by atoms with E-state index >= 15 is 0 Å². The van der Waals surface area contributed by atoms with Crippen LogP contribution >= 0.6 is 0 Å². The van der Waals surface area contributed by atoms with Gasteiger partial charge < -0.3 is 4.98 Å². The average molecular weight is 311 g/mol. The van der Waals surface area contributed by atoms with Gasteiger partial charge in [0, 0.05) is 25.3 Å². The first-order valence-electron chi connectivity index (χ1n) is 8.30. The largest absolute Gasteiger partial charge is 0.325 e. The topological polar surface area (TPSA) is 69.0 Å². The third-order valence-electron chi connectivity index (χ3n) is 5.22. The minimum atomic E-state index is -0.402. The fourth-order valence-electron chi connectivity index (χ4n) is 4.13. The minimum absolute atomic E-state index is 0.236. The lowest BCUT2D eigenvalue weighted by atomic mass is 9.96. The summed E-state index contributed by atoms with van der Waals surface area (Å²) < 4.78 is 0. The Morgan fingerprint density at radius 1 is 1.04 bits per heavy atom. The van der Waals surface area contributed by atoms with Crippen LogP contribution in [-0.2, 0) is 13.1 Å². The van der Waals surface area contributed by atoms with E-state index in [0.29, 0.717) is 24.9 Å². The van der Waals surface area contributed by atoms with Crippen molar-refractivity contribution in [3.05, 3.63) is 68.0 Å². The monoisotopic (exact) mass is 311 g/mol. The van der Waals surface area contributed by atoms with Crippen molar-refractivity contribution < 1.29 is 0 Å². The molecular weight excluding hydrogens is 290 g/mol. The zero-order chi connectivity index (χ0) is 15.8. The number of benzene rings is 1. The molecule has 23 heavy (non-hydrogen) atoms. The molecule has 1 aliphatic heterocycles. The standard InChI is InChI=1S/C18H21N3O2/c22-17-15-10-21(11-16(15)19-18(23)20-17)9-12-6-7-14(8-12)13-4-2-1-3-5-13/h1-5,12,14H,6-11H2,(H2,19,20,22,23)/t12-,14-/m1/s1. The molecule has 0 saturated heterocycles. The van der Waals surface area contributed by atoms with Crippen LogP contribution in [-0.4, -0.2) is 21.4 Å². The molecule has 1 aliphatic carbocycles. The Labute approximate surface area is 134 Å². The van der Waals surface area contributed by atoms with Gasteiger partial charge in [0.15, 0.2) is 0 Å². The van der Waals surface area contributed by atoms with Gasteiger partial charge in [-0.15, -0.1) is 0 Å². The second-order valence-corrected chi connectivity index (χ2v) is 6.82. The smallest absolute Gasteiger partial charge is 0.310 e. The van der Waals surface area contributed by atoms with Gasteiger partial charge in [-0.3, -0.25) is 14.7 Å². The Morgan fingerprint density at radius 2 is 1.87 bits per heavy atom. The van der Waals surface area contributed by atoms with Gasteiger partial charge in [0.05, 0.1) is 5.56 Å². The molecule has 1 aromatic carbocycles. The van der Waals surface area contributed by atoms with Crippen molar-refractivity contribution in [2.45, 2.75) is 38.3 Å². The fourth-order valence-corrected chi connectivity index (χ4v) is 4.13. The number of rotatable bonds is 3. The second kappa shape index (κ2) is 5.81. The maximum absolute atomic E-state index is 11.8. The third-order valence-corrected chi connectivity index (χ3v) is 5.22. The first kappa shape index (κ1) is 14.5. The number of hydrogen-bond donors (Lipinski definition) is 2. The molecular formula is C18H21N3O2. The number of aromatic amines is 2. The maximum atomic E-state index is 11.8. The first-order chi connectivity index (χ1) is 11.2. The molecule has 2 heterocycles. The summed E-state index contributed by atoms with van der Waals surface area (Å²) >= 11 is 0. The Hall–Kier alpha value is -2.14. The van der Waals surface area contributed by atoms with Gasteiger partial charge in [-0.1, -0.05) is 30.3 Å². The highest BCUT2D eigenvalue weighted by Crippen LogP contribution is 2.39. The van der Waals surface area contributed by atoms with Crippen molar-refractivity contribution in [2.24, 2.45) is 5.92 Å². The Kier molecular flexibility index (Phi) is 3.65. The summed E-state index contributed by atoms with van der Waals surface area (Å²) in [7, 11) is 0. The molecule has 1 saturated carbocycles. The fraction of sp³-hybridized carbons (Fsp3) is 0.444. The van der Waals surface area contributed by atoms with Gasteiger partial charge in [-0.2, -0.15) is 0 Å². The van der Waals surface area contributed by atoms with E-state index in [1.54, 1.807) is 0 Å². The average Bonchev–Trinajstić information content (AvgIpc) is 3.15. The van der Waals surface area contributed by atoms with E-state index in [-0.39, 0.29) is 5.56 Å². The lowest BCUT2D eigenvalue weighted by Crippen LogP contribution is -2.26. The van der Waals surface area contributed by atoms with Crippen molar-refractivity contribution in [3.8, 4) is 0 Å². The van der Waals surface area contributed by atoms with Crippen LogP contribution < -0.4 is 11.2 Å². The van der Waals surface area contributed by atoms with Crippen molar-refractivity contribution in [3.63, 3.8) is 0 Å². The van der Waals surface area contributed by atoms with Gasteiger partial charge in [-0.05, 0) is 36.7 Å². The number of H-pyrrole nitrogens is 2. The number of nitrogens with zero attached hydrogens (tertiary/aromatic N) is 1. The summed E-state index contributed by atoms with van der Waals surface area (Å²) in [6, 6.07) is 10.7. The number of fused-ring (bicyclic) bond motifs is 1. The Bertz CT molecular complexity index is 809. The third kappa shape index (κ3) is 2.88. The molecule has 2 N–H and O–H groups in total. The van der Waals surface area contributed by atoms with Crippen LogP contribution in [0.2, 0.25) is 0 Å². The molecule has 4 rings (SSSR count). The molecule has 5 nitrogen and oxygen atoms in total. The lowest BCUT2D eigenvalue weighted by molar-refractivity contribution is 0.235. The quantitative estimate of drug-likeness (QED) is 0.910. The number of aromatic nitrogens is 2. The maximum Gasteiger partial charge on any atom is 0.325 e. The molecule has 0 radical (unpaired) electrons. The number of nitrogens with one attached hydrogen (secondary N) is 2. The van der Waals surface area contributed by atoms with Crippen LogP contribution in [0.3, 0.4) is 0 Å². The predicted octanol–water partition coefficient (Wildman–Crippen LogP) is 1.96. The minimum Gasteiger partial charge on any atom is -0.310 e. The van der Waals surface area contributed by atoms with Gasteiger partial charge in [0.25, 0.3) is 5.56 Å². The van der Waals surface area contributed by atoms with Crippen molar-refractivity contribution >= 4 is 0 Å². The van der Waals surface area contributed by atoms with Gasteiger partial charge in [0.2, 0.25) is 0 Å². The molecule has 2 atom stereocenters. The van der Waals surface area contributed by atoms with E-state index in [2.05, 4.69) is 45.2 Å². The summed E-state index contributed by atoms with van der Waals surface area (Å²) in [6.07, 6.45) is 3.69. The summed E-state index contributed by atoms with van der Waals surface area (Å²) in [5.41, 5.74) is 2.32. The molecule has 0 unspecified atom stereocenters. The highest BCUT2D eigenvalue weighted by Gasteiger charge is 2.30. The van der Waals surface area contributed by atoms with E-state index in [0.717, 1.165) is 17.8 Å². The Balaban J connectivity index is 1.40. The molecule has 0 amide bonds. The molecule has 0 bridgehead atoms. The molecule has 5 heteroatoms. The summed E-state index contributed by atoms with van der Waals surface area (Å²) in [5, 5.41) is 0. The predicted molar refractivity (Wildman–Crippen MR) is 88.3 cm³/mol. The molecule has 1 fully saturated rings. The zero-order valence-corrected chi connectivity index (χ0v) is 13.0. The van der Waals surface area contributed by atoms with Gasteiger partial charge in [0.1, 0.15) is 0 Å². The highest BCUT2D eigenvalue weighted by molar-refractivity contribution is 5.22. The van der Waals surface area contributed by atoms with E-state index in [1.165, 1.54) is 24.8 Å². The van der Waals surface area contributed by atoms with Crippen LogP contribution in [0.4, 0.5) is 0 Å². The van der Waals surface area contributed by atoms with Crippen LogP contribution in [0.15, 0.2) is 39.9 Å². The van der Waals surface area contributed by atoms with Crippen molar-refractivity contribution in [1.82, 2.24) is 14.9 Å². The number of hydrogen-bond acceptors (Lipinski definition) is 3. The van der Waals surface area contributed by atoms with E-state index < -0.39 is 5.69 Å². The van der Waals surface area contributed by atoms with Crippen molar-refractivity contribution in [2.75, 3.05) is 6.54 Å². The van der Waals surface area contributed by atoms with Crippen LogP contribution in [0.5, 0.6) is 0 Å². The molecule has 120 valence electrons. The first-order valence-corrected chi connectivity index (χ1v) is 8.30. The van der Waals surface area contributed by atoms with Gasteiger partial charge >= 0.3 is 5.69 Å². The Morgan fingerprint density at radius 3 is 2.70 bits per heavy atom. The van der Waals surface area contributed by atoms with E-state index in [9.17, 15) is 9.59 Å². The second-order valence-electron chi connectivity index (χ2n) is 6.82. The highest BCUT2D eigenvalue weighted by atomic mass is 16.2. The van der Waals surface area contributed by atoms with Crippen LogP contribution in [0.1, 0.15) is 42.0 Å². The molecule has 1 aromatic heterocycles. The summed E-state index contributed by atoms with van der Waals surface area (Å²) in [5.74, 6) is 1.33. The molecule has 0 spiro atoms. The van der Waals surface area contributed by atoms with Gasteiger partial charge in [-0.25, -0.2) is 4.79 Å². The van der Waals surface area contributed by atoms with E-state index in [1.807, 2.05) is 0 Å². The van der Waals surface area contributed by atoms with Crippen molar-refractivity contribution in [1.29, 1.82) is 0 Å². The normalized spacial score (nSPS) is 24.0. The van der Waals surface area contributed by atoms with E-state index in [4.69, 9.17) is 0 Å². The summed E-state index contributed by atoms with van der Waals surface area (Å²) in [4.78, 5) is 30.6. The lowest BCUT2D eigenvalue weighted by Gasteiger charge is -2.19. The SMILES string of the molecule is O=c1[nH]c2c(c(=O)[nH]1)CN(C[C@@H]1CC[C@@H](c3ccccc3)C1)C2. The molecule has 2 aliphatic rings. The van der Waals surface area contributed by atoms with Crippen LogP contribution in [0.25, 0.3) is 0 Å².